The number of para-hydroxylation sites is 1. The van der Waals surface area contributed by atoms with Crippen molar-refractivity contribution in [3.63, 3.8) is 0 Å². The van der Waals surface area contributed by atoms with Crippen molar-refractivity contribution in [1.82, 2.24) is 28.9 Å². The van der Waals surface area contributed by atoms with Crippen molar-refractivity contribution >= 4 is 33.5 Å². The van der Waals surface area contributed by atoms with Crippen LogP contribution in [0.4, 0.5) is 0 Å². The van der Waals surface area contributed by atoms with Gasteiger partial charge < -0.3 is 0 Å². The molecule has 0 spiro atoms. The zero-order valence-electron chi connectivity index (χ0n) is 17.0. The van der Waals surface area contributed by atoms with Gasteiger partial charge in [0.25, 0.3) is 11.5 Å². The van der Waals surface area contributed by atoms with Crippen LogP contribution in [-0.2, 0) is 0 Å². The Bertz CT molecular complexity index is 1710. The second kappa shape index (κ2) is 6.71. The first kappa shape index (κ1) is 18.2. The number of nitrogens with zero attached hydrogens (tertiary/aromatic N) is 6. The molecule has 0 radical (unpaired) electrons. The fourth-order valence-electron chi connectivity index (χ4n) is 4.06. The van der Waals surface area contributed by atoms with Gasteiger partial charge in [0.2, 0.25) is 0 Å². The quantitative estimate of drug-likeness (QED) is 0.429. The largest absolute Gasteiger partial charge is 0.280 e. The van der Waals surface area contributed by atoms with Gasteiger partial charge in [-0.25, -0.2) is 9.50 Å². The lowest BCUT2D eigenvalue weighted by Crippen LogP contribution is -2.22. The highest BCUT2D eigenvalue weighted by Crippen LogP contribution is 2.25. The molecule has 8 nitrogen and oxygen atoms in total. The summed E-state index contributed by atoms with van der Waals surface area (Å²) in [6, 6.07) is 20.2. The number of carbonyl (C=O) groups excluding carboxylic acids is 1. The van der Waals surface area contributed by atoms with Crippen LogP contribution in [-0.4, -0.2) is 34.9 Å². The lowest BCUT2D eigenvalue weighted by molar-refractivity contribution is 0.0950. The van der Waals surface area contributed by atoms with E-state index in [4.69, 9.17) is 0 Å². The average Bonchev–Trinajstić information content (AvgIpc) is 3.43. The fraction of sp³-hybridized carbons (Fsp3) is 0.0417. The molecule has 0 unspecified atom stereocenters. The summed E-state index contributed by atoms with van der Waals surface area (Å²) in [7, 11) is 0. The highest BCUT2D eigenvalue weighted by Gasteiger charge is 2.21. The van der Waals surface area contributed by atoms with Crippen molar-refractivity contribution in [2.75, 3.05) is 0 Å². The Morgan fingerprint density at radius 3 is 2.38 bits per heavy atom. The third kappa shape index (κ3) is 2.53. The van der Waals surface area contributed by atoms with Crippen molar-refractivity contribution in [1.29, 1.82) is 0 Å². The van der Waals surface area contributed by atoms with Crippen LogP contribution < -0.4 is 5.56 Å². The first-order valence-corrected chi connectivity index (χ1v) is 10.1. The number of aryl methyl sites for hydroxylation is 1. The summed E-state index contributed by atoms with van der Waals surface area (Å²) >= 11 is 0. The number of fused-ring (bicyclic) bond motifs is 5. The summed E-state index contributed by atoms with van der Waals surface area (Å²) in [6.07, 6.45) is 3.06. The van der Waals surface area contributed by atoms with E-state index in [1.165, 1.54) is 10.9 Å². The standard InChI is InChI=1S/C24H16N6O2/c1-15-12-20-28(17-10-6-3-7-11-17)24(32)19-13-25-22-18(21(19)29(20)27-15)14-26-30(22)23(31)16-8-4-2-5-9-16/h2-14H,1H3. The monoisotopic (exact) mass is 420 g/mol. The summed E-state index contributed by atoms with van der Waals surface area (Å²) in [5.41, 5.74) is 3.36. The summed E-state index contributed by atoms with van der Waals surface area (Å²) in [5.74, 6) is -0.294. The third-order valence-corrected chi connectivity index (χ3v) is 5.48. The normalized spacial score (nSPS) is 11.5. The molecule has 6 rings (SSSR count). The predicted octanol–water partition coefficient (Wildman–Crippen LogP) is 3.38. The number of benzene rings is 2. The first-order valence-electron chi connectivity index (χ1n) is 10.1. The molecule has 0 N–H and O–H groups in total. The molecule has 0 atom stereocenters. The molecule has 0 aliphatic heterocycles. The van der Waals surface area contributed by atoms with Gasteiger partial charge in [0, 0.05) is 17.8 Å². The Morgan fingerprint density at radius 1 is 0.906 bits per heavy atom. The van der Waals surface area contributed by atoms with Crippen LogP contribution in [0.1, 0.15) is 16.1 Å². The van der Waals surface area contributed by atoms with Gasteiger partial charge in [0.15, 0.2) is 5.65 Å². The highest BCUT2D eigenvalue weighted by molar-refractivity contribution is 6.07. The van der Waals surface area contributed by atoms with Crippen LogP contribution >= 0.6 is 0 Å². The topological polar surface area (TPSA) is 87.1 Å². The van der Waals surface area contributed by atoms with Crippen molar-refractivity contribution in [2.45, 2.75) is 6.92 Å². The van der Waals surface area contributed by atoms with Crippen LogP contribution in [0.5, 0.6) is 0 Å². The molecule has 0 aliphatic rings. The minimum atomic E-state index is -0.294. The van der Waals surface area contributed by atoms with Crippen LogP contribution in [0.25, 0.3) is 33.3 Å². The van der Waals surface area contributed by atoms with Crippen LogP contribution in [0.15, 0.2) is 83.9 Å². The maximum Gasteiger partial charge on any atom is 0.280 e. The molecule has 0 amide bonds. The van der Waals surface area contributed by atoms with Crippen LogP contribution in [0.3, 0.4) is 0 Å². The number of hydrogen-bond donors (Lipinski definition) is 0. The summed E-state index contributed by atoms with van der Waals surface area (Å²) < 4.78 is 4.60. The molecule has 0 saturated carbocycles. The number of hydrogen-bond acceptors (Lipinski definition) is 5. The van der Waals surface area contributed by atoms with Gasteiger partial charge in [0.05, 0.1) is 33.9 Å². The van der Waals surface area contributed by atoms with E-state index in [-0.39, 0.29) is 11.5 Å². The Labute approximate surface area is 181 Å². The zero-order chi connectivity index (χ0) is 21.8. The predicted molar refractivity (Wildman–Crippen MR) is 120 cm³/mol. The van der Waals surface area contributed by atoms with Crippen molar-refractivity contribution in [2.24, 2.45) is 0 Å². The maximum absolute atomic E-state index is 13.5. The van der Waals surface area contributed by atoms with Gasteiger partial charge in [-0.2, -0.15) is 14.9 Å². The average molecular weight is 420 g/mol. The Hall–Kier alpha value is -4.59. The van der Waals surface area contributed by atoms with E-state index >= 15 is 0 Å². The van der Waals surface area contributed by atoms with E-state index in [2.05, 4.69) is 15.2 Å². The Kier molecular flexibility index (Phi) is 3.82. The minimum Gasteiger partial charge on any atom is -0.268 e. The number of aromatic nitrogens is 6. The molecular formula is C24H16N6O2. The lowest BCUT2D eigenvalue weighted by Gasteiger charge is -2.11. The second-order valence-corrected chi connectivity index (χ2v) is 7.52. The summed E-state index contributed by atoms with van der Waals surface area (Å²) in [6.45, 7) is 1.87. The summed E-state index contributed by atoms with van der Waals surface area (Å²) in [4.78, 5) is 31.0. The van der Waals surface area contributed by atoms with Crippen molar-refractivity contribution in [3.05, 3.63) is 101 Å². The minimum absolute atomic E-state index is 0.213. The Morgan fingerprint density at radius 2 is 1.62 bits per heavy atom. The second-order valence-electron chi connectivity index (χ2n) is 7.52. The van der Waals surface area contributed by atoms with E-state index in [1.807, 2.05) is 49.4 Å². The van der Waals surface area contributed by atoms with Gasteiger partial charge in [-0.15, -0.1) is 0 Å². The molecule has 32 heavy (non-hydrogen) atoms. The summed E-state index contributed by atoms with van der Waals surface area (Å²) in [5, 5.41) is 9.91. The van der Waals surface area contributed by atoms with Gasteiger partial charge in [0.1, 0.15) is 5.65 Å². The van der Waals surface area contributed by atoms with Crippen molar-refractivity contribution in [3.8, 4) is 5.69 Å². The lowest BCUT2D eigenvalue weighted by atomic mass is 10.2. The maximum atomic E-state index is 13.5. The highest BCUT2D eigenvalue weighted by atomic mass is 16.2. The molecule has 6 aromatic rings. The molecule has 2 aromatic carbocycles. The van der Waals surface area contributed by atoms with E-state index in [9.17, 15) is 9.59 Å². The SMILES string of the molecule is Cc1cc2n(-c3ccccc3)c(=O)c3cnc4c(cnn4C(=O)c4ccccc4)c3n2n1. The van der Waals surface area contributed by atoms with Gasteiger partial charge in [-0.05, 0) is 31.2 Å². The van der Waals surface area contributed by atoms with E-state index < -0.39 is 0 Å². The number of rotatable bonds is 2. The fourth-order valence-corrected chi connectivity index (χ4v) is 4.06. The first-order chi connectivity index (χ1) is 15.6. The van der Waals surface area contributed by atoms with E-state index in [1.54, 1.807) is 39.5 Å². The van der Waals surface area contributed by atoms with Gasteiger partial charge >= 0.3 is 0 Å². The van der Waals surface area contributed by atoms with E-state index in [0.29, 0.717) is 33.1 Å². The number of pyridine rings is 1. The van der Waals surface area contributed by atoms with E-state index in [0.717, 1.165) is 11.4 Å². The molecule has 0 fully saturated rings. The molecule has 0 saturated heterocycles. The molecule has 0 bridgehead atoms. The van der Waals surface area contributed by atoms with Gasteiger partial charge in [-0.3, -0.25) is 14.2 Å². The van der Waals surface area contributed by atoms with Crippen LogP contribution in [0.2, 0.25) is 0 Å². The molecule has 4 aromatic heterocycles. The molecule has 0 aliphatic carbocycles. The number of carbonyl (C=O) groups is 1. The molecule has 154 valence electrons. The van der Waals surface area contributed by atoms with Crippen molar-refractivity contribution < 1.29 is 4.79 Å². The van der Waals surface area contributed by atoms with Gasteiger partial charge in [-0.1, -0.05) is 36.4 Å². The molecule has 4 heterocycles. The zero-order valence-corrected chi connectivity index (χ0v) is 17.0. The third-order valence-electron chi connectivity index (χ3n) is 5.48. The van der Waals surface area contributed by atoms with Crippen LogP contribution in [0, 0.1) is 6.92 Å². The molecule has 8 heteroatoms. The molecular weight excluding hydrogens is 404 g/mol. The Balaban J connectivity index is 1.70. The smallest absolute Gasteiger partial charge is 0.268 e.